The number of thiazole rings is 1. The minimum absolute atomic E-state index is 0.138. The molecule has 1 rings (SSSR count). The Hall–Kier alpha value is -0.450. The fourth-order valence-electron chi connectivity index (χ4n) is 1.75. The van der Waals surface area contributed by atoms with Crippen LogP contribution in [0.5, 0.6) is 0 Å². The molecule has 0 aromatic carbocycles. The van der Waals surface area contributed by atoms with E-state index >= 15 is 0 Å². The Bertz CT molecular complexity index is 336. The van der Waals surface area contributed by atoms with Crippen molar-refractivity contribution in [3.63, 3.8) is 0 Å². The van der Waals surface area contributed by atoms with Crippen LogP contribution in [0.15, 0.2) is 5.38 Å². The third-order valence-electron chi connectivity index (χ3n) is 2.62. The first-order valence-corrected chi connectivity index (χ1v) is 7.69. The van der Waals surface area contributed by atoms with E-state index in [2.05, 4.69) is 43.4 Å². The summed E-state index contributed by atoms with van der Waals surface area (Å²) in [6.07, 6.45) is 0.138. The van der Waals surface area contributed by atoms with E-state index in [4.69, 9.17) is 4.74 Å². The topological polar surface area (TPSA) is 34.1 Å². The van der Waals surface area contributed by atoms with Gasteiger partial charge in [-0.15, -0.1) is 11.3 Å². The van der Waals surface area contributed by atoms with E-state index in [-0.39, 0.29) is 6.10 Å². The molecule has 0 saturated carbocycles. The summed E-state index contributed by atoms with van der Waals surface area (Å²) < 4.78 is 5.77. The molecule has 0 amide bonds. The molecule has 3 nitrogen and oxygen atoms in total. The van der Waals surface area contributed by atoms with Crippen LogP contribution in [0.3, 0.4) is 0 Å². The number of aromatic nitrogens is 1. The Morgan fingerprint density at radius 1 is 1.33 bits per heavy atom. The maximum atomic E-state index is 5.77. The highest BCUT2D eigenvalue weighted by Crippen LogP contribution is 2.28. The van der Waals surface area contributed by atoms with Crippen molar-refractivity contribution in [2.24, 2.45) is 11.8 Å². The predicted molar refractivity (Wildman–Crippen MR) is 77.9 cm³/mol. The predicted octanol–water partition coefficient (Wildman–Crippen LogP) is 3.62. The van der Waals surface area contributed by atoms with Gasteiger partial charge in [0.1, 0.15) is 11.1 Å². The highest BCUT2D eigenvalue weighted by Gasteiger charge is 2.19. The summed E-state index contributed by atoms with van der Waals surface area (Å²) in [6.45, 7) is 13.4. The third kappa shape index (κ3) is 5.04. The summed E-state index contributed by atoms with van der Waals surface area (Å²) in [5.74, 6) is 1.14. The summed E-state index contributed by atoms with van der Waals surface area (Å²) in [5.41, 5.74) is 1.13. The second-order valence-corrected chi connectivity index (χ2v) is 6.21. The van der Waals surface area contributed by atoms with Crippen LogP contribution in [0.4, 0.5) is 0 Å². The Morgan fingerprint density at radius 2 is 2.06 bits per heavy atom. The van der Waals surface area contributed by atoms with Gasteiger partial charge in [0.2, 0.25) is 0 Å². The van der Waals surface area contributed by atoms with Crippen molar-refractivity contribution in [1.82, 2.24) is 10.3 Å². The minimum Gasteiger partial charge on any atom is -0.371 e. The lowest BCUT2D eigenvalue weighted by atomic mass is 10.1. The highest BCUT2D eigenvalue weighted by molar-refractivity contribution is 7.09. The van der Waals surface area contributed by atoms with E-state index in [1.54, 1.807) is 11.3 Å². The number of hydrogen-bond donors (Lipinski definition) is 1. The SMILES string of the molecule is CCOC(c1nc(CNCC(C)C)cs1)C(C)C. The van der Waals surface area contributed by atoms with Gasteiger partial charge in [-0.1, -0.05) is 27.7 Å². The van der Waals surface area contributed by atoms with Crippen LogP contribution in [0.25, 0.3) is 0 Å². The Morgan fingerprint density at radius 3 is 2.61 bits per heavy atom. The molecule has 4 heteroatoms. The number of hydrogen-bond acceptors (Lipinski definition) is 4. The zero-order valence-electron chi connectivity index (χ0n) is 12.2. The summed E-state index contributed by atoms with van der Waals surface area (Å²) in [5, 5.41) is 6.66. The van der Waals surface area contributed by atoms with Crippen LogP contribution >= 0.6 is 11.3 Å². The first-order chi connectivity index (χ1) is 8.54. The largest absolute Gasteiger partial charge is 0.371 e. The van der Waals surface area contributed by atoms with Crippen molar-refractivity contribution in [3.8, 4) is 0 Å². The second-order valence-electron chi connectivity index (χ2n) is 5.32. The molecule has 0 saturated heterocycles. The molecule has 1 N–H and O–H groups in total. The second kappa shape index (κ2) is 7.87. The van der Waals surface area contributed by atoms with Crippen molar-refractivity contribution in [2.75, 3.05) is 13.2 Å². The first-order valence-electron chi connectivity index (χ1n) is 6.81. The molecule has 0 aliphatic carbocycles. The number of ether oxygens (including phenoxy) is 1. The standard InChI is InChI=1S/C14H26N2OS/c1-6-17-13(11(4)5)14-16-12(9-18-14)8-15-7-10(2)3/h9-11,13,15H,6-8H2,1-5H3. The molecule has 1 aromatic rings. The van der Waals surface area contributed by atoms with Crippen molar-refractivity contribution < 1.29 is 4.74 Å². The molecule has 0 fully saturated rings. The fraction of sp³-hybridized carbons (Fsp3) is 0.786. The number of nitrogens with zero attached hydrogens (tertiary/aromatic N) is 1. The molecule has 0 radical (unpaired) electrons. The van der Waals surface area contributed by atoms with Crippen LogP contribution in [0, 0.1) is 11.8 Å². The molecule has 1 aromatic heterocycles. The smallest absolute Gasteiger partial charge is 0.122 e. The van der Waals surface area contributed by atoms with Gasteiger partial charge in [0.05, 0.1) is 5.69 Å². The normalized spacial score (nSPS) is 13.5. The van der Waals surface area contributed by atoms with E-state index in [1.165, 1.54) is 0 Å². The number of rotatable bonds is 8. The lowest BCUT2D eigenvalue weighted by Crippen LogP contribution is -2.19. The lowest BCUT2D eigenvalue weighted by Gasteiger charge is -2.18. The molecule has 0 bridgehead atoms. The van der Waals surface area contributed by atoms with Crippen LogP contribution in [0.2, 0.25) is 0 Å². The highest BCUT2D eigenvalue weighted by atomic mass is 32.1. The van der Waals surface area contributed by atoms with E-state index in [0.29, 0.717) is 11.8 Å². The molecule has 104 valence electrons. The summed E-state index contributed by atoms with van der Waals surface area (Å²) in [7, 11) is 0. The van der Waals surface area contributed by atoms with Crippen molar-refractivity contribution in [1.29, 1.82) is 0 Å². The molecular formula is C14H26N2OS. The first kappa shape index (κ1) is 15.6. The van der Waals surface area contributed by atoms with Crippen LogP contribution in [-0.2, 0) is 11.3 Å². The van der Waals surface area contributed by atoms with Crippen LogP contribution in [-0.4, -0.2) is 18.1 Å². The summed E-state index contributed by atoms with van der Waals surface area (Å²) in [6, 6.07) is 0. The van der Waals surface area contributed by atoms with Gasteiger partial charge in [0.15, 0.2) is 0 Å². The maximum absolute atomic E-state index is 5.77. The molecular weight excluding hydrogens is 244 g/mol. The maximum Gasteiger partial charge on any atom is 0.122 e. The van der Waals surface area contributed by atoms with Crippen LogP contribution < -0.4 is 5.32 Å². The Labute approximate surface area is 115 Å². The summed E-state index contributed by atoms with van der Waals surface area (Å²) in [4.78, 5) is 4.68. The van der Waals surface area contributed by atoms with E-state index in [0.717, 1.165) is 30.4 Å². The van der Waals surface area contributed by atoms with Gasteiger partial charge in [-0.05, 0) is 25.3 Å². The van der Waals surface area contributed by atoms with E-state index in [9.17, 15) is 0 Å². The molecule has 0 spiro atoms. The zero-order chi connectivity index (χ0) is 13.5. The van der Waals surface area contributed by atoms with E-state index in [1.807, 2.05) is 6.92 Å². The number of nitrogens with one attached hydrogen (secondary N) is 1. The molecule has 0 aliphatic rings. The fourth-order valence-corrected chi connectivity index (χ4v) is 2.79. The van der Waals surface area contributed by atoms with Gasteiger partial charge in [0, 0.05) is 18.5 Å². The quantitative estimate of drug-likeness (QED) is 0.783. The van der Waals surface area contributed by atoms with Gasteiger partial charge >= 0.3 is 0 Å². The molecule has 0 aliphatic heterocycles. The molecule has 1 atom stereocenters. The molecule has 1 unspecified atom stereocenters. The van der Waals surface area contributed by atoms with Gasteiger partial charge in [-0.25, -0.2) is 4.98 Å². The summed E-state index contributed by atoms with van der Waals surface area (Å²) >= 11 is 1.71. The van der Waals surface area contributed by atoms with Crippen molar-refractivity contribution >= 4 is 11.3 Å². The van der Waals surface area contributed by atoms with Gasteiger partial charge < -0.3 is 10.1 Å². The van der Waals surface area contributed by atoms with Gasteiger partial charge in [-0.3, -0.25) is 0 Å². The molecule has 18 heavy (non-hydrogen) atoms. The Kier molecular flexibility index (Phi) is 6.82. The lowest BCUT2D eigenvalue weighted by molar-refractivity contribution is 0.0292. The zero-order valence-corrected chi connectivity index (χ0v) is 13.0. The van der Waals surface area contributed by atoms with Gasteiger partial charge in [-0.2, -0.15) is 0 Å². The van der Waals surface area contributed by atoms with Gasteiger partial charge in [0.25, 0.3) is 0 Å². The Balaban J connectivity index is 2.55. The van der Waals surface area contributed by atoms with Crippen LogP contribution in [0.1, 0.15) is 51.4 Å². The monoisotopic (exact) mass is 270 g/mol. The van der Waals surface area contributed by atoms with Crippen molar-refractivity contribution in [3.05, 3.63) is 16.1 Å². The van der Waals surface area contributed by atoms with E-state index < -0.39 is 0 Å². The molecule has 1 heterocycles. The minimum atomic E-state index is 0.138. The van der Waals surface area contributed by atoms with Crippen molar-refractivity contribution in [2.45, 2.75) is 47.3 Å². The third-order valence-corrected chi connectivity index (χ3v) is 3.58. The average molecular weight is 270 g/mol. The average Bonchev–Trinajstić information content (AvgIpc) is 2.73.